The molecule has 1 aromatic heterocycles. The maximum atomic E-state index is 12.8. The average molecular weight is 443 g/mol. The van der Waals surface area contributed by atoms with Crippen LogP contribution in [-0.2, 0) is 16.0 Å². The summed E-state index contributed by atoms with van der Waals surface area (Å²) in [6.07, 6.45) is -0.502. The van der Waals surface area contributed by atoms with E-state index in [-0.39, 0.29) is 12.2 Å². The van der Waals surface area contributed by atoms with Crippen LogP contribution in [0.15, 0.2) is 82.0 Å². The molecule has 0 fully saturated rings. The van der Waals surface area contributed by atoms with Gasteiger partial charge in [0.05, 0.1) is 12.0 Å². The summed E-state index contributed by atoms with van der Waals surface area (Å²) in [5.74, 6) is 0.000342. The third kappa shape index (κ3) is 4.82. The third-order valence-corrected chi connectivity index (χ3v) is 5.56. The molecule has 0 aliphatic heterocycles. The molecular weight excluding hydrogens is 416 g/mol. The minimum absolute atomic E-state index is 0.245. The first kappa shape index (κ1) is 22.3. The second-order valence-electron chi connectivity index (χ2n) is 7.95. The molecule has 0 bridgehead atoms. The Bertz CT molecular complexity index is 1320. The largest absolute Gasteiger partial charge is 0.473 e. The fraction of sp³-hybridized carbons (Fsp3) is 0.214. The topological polar surface area (TPSA) is 65.7 Å². The van der Waals surface area contributed by atoms with Gasteiger partial charge in [0.15, 0.2) is 0 Å². The molecule has 0 N–H and O–H groups in total. The molecule has 0 saturated carbocycles. The van der Waals surface area contributed by atoms with E-state index in [1.54, 1.807) is 6.92 Å². The van der Waals surface area contributed by atoms with E-state index < -0.39 is 12.1 Å². The van der Waals surface area contributed by atoms with E-state index in [1.807, 2.05) is 86.6 Å². The number of rotatable bonds is 7. The Hall–Kier alpha value is -3.86. The second-order valence-corrected chi connectivity index (χ2v) is 7.95. The van der Waals surface area contributed by atoms with Gasteiger partial charge in [-0.15, -0.1) is 0 Å². The lowest BCUT2D eigenvalue weighted by Crippen LogP contribution is -2.22. The zero-order valence-electron chi connectivity index (χ0n) is 19.0. The summed E-state index contributed by atoms with van der Waals surface area (Å²) in [7, 11) is 0. The predicted octanol–water partition coefficient (Wildman–Crippen LogP) is 5.68. The number of benzene rings is 3. The summed E-state index contributed by atoms with van der Waals surface area (Å²) < 4.78 is 17.3. The Morgan fingerprint density at radius 1 is 0.970 bits per heavy atom. The molecule has 0 aliphatic rings. The summed E-state index contributed by atoms with van der Waals surface area (Å²) in [6.45, 7) is 5.79. The average Bonchev–Trinajstić information content (AvgIpc) is 2.81. The van der Waals surface area contributed by atoms with Crippen molar-refractivity contribution in [3.05, 3.63) is 111 Å². The molecule has 168 valence electrons. The molecule has 1 heterocycles. The number of fused-ring (bicyclic) bond motifs is 1. The fourth-order valence-electron chi connectivity index (χ4n) is 3.96. The summed E-state index contributed by atoms with van der Waals surface area (Å²) in [4.78, 5) is 25.6. The maximum Gasteiger partial charge on any atom is 0.352 e. The van der Waals surface area contributed by atoms with Crippen molar-refractivity contribution < 1.29 is 18.7 Å². The van der Waals surface area contributed by atoms with Crippen LogP contribution in [0.5, 0.6) is 5.75 Å². The molecule has 5 heteroatoms. The van der Waals surface area contributed by atoms with Crippen molar-refractivity contribution in [2.45, 2.75) is 33.3 Å². The summed E-state index contributed by atoms with van der Waals surface area (Å²) in [5.41, 5.74) is 3.95. The minimum atomic E-state index is -0.944. The monoisotopic (exact) mass is 442 g/mol. The quantitative estimate of drug-likeness (QED) is 0.272. The molecule has 0 unspecified atom stereocenters. The highest BCUT2D eigenvalue weighted by Crippen LogP contribution is 2.35. The molecule has 1 atom stereocenters. The Morgan fingerprint density at radius 3 is 2.30 bits per heavy atom. The Kier molecular flexibility index (Phi) is 6.59. The first-order valence-corrected chi connectivity index (χ1v) is 11.0. The summed E-state index contributed by atoms with van der Waals surface area (Å²) in [5, 5.41) is 0.677. The van der Waals surface area contributed by atoms with Crippen LogP contribution in [0.2, 0.25) is 0 Å². The van der Waals surface area contributed by atoms with Gasteiger partial charge in [-0.1, -0.05) is 60.7 Å². The lowest BCUT2D eigenvalue weighted by atomic mass is 9.98. The zero-order chi connectivity index (χ0) is 23.4. The molecule has 33 heavy (non-hydrogen) atoms. The van der Waals surface area contributed by atoms with Gasteiger partial charge in [0.25, 0.3) is 0 Å². The number of carbonyl (C=O) groups is 1. The highest BCUT2D eigenvalue weighted by Gasteiger charge is 2.26. The predicted molar refractivity (Wildman–Crippen MR) is 128 cm³/mol. The van der Waals surface area contributed by atoms with E-state index in [1.165, 1.54) is 0 Å². The van der Waals surface area contributed by atoms with Gasteiger partial charge in [0, 0.05) is 17.5 Å². The highest BCUT2D eigenvalue weighted by atomic mass is 16.6. The van der Waals surface area contributed by atoms with Crippen molar-refractivity contribution in [2.75, 3.05) is 6.61 Å². The van der Waals surface area contributed by atoms with E-state index in [0.717, 1.165) is 16.7 Å². The highest BCUT2D eigenvalue weighted by molar-refractivity contribution is 5.89. The van der Waals surface area contributed by atoms with E-state index >= 15 is 0 Å². The van der Waals surface area contributed by atoms with Gasteiger partial charge >= 0.3 is 11.6 Å². The Balaban J connectivity index is 1.84. The van der Waals surface area contributed by atoms with Crippen LogP contribution in [0.1, 0.15) is 40.8 Å². The van der Waals surface area contributed by atoms with Gasteiger partial charge in [-0.2, -0.15) is 0 Å². The van der Waals surface area contributed by atoms with Crippen LogP contribution >= 0.6 is 0 Å². The Morgan fingerprint density at radius 2 is 1.64 bits per heavy atom. The molecule has 4 rings (SSSR count). The number of aryl methyl sites for hydroxylation is 2. The normalized spacial score (nSPS) is 11.8. The van der Waals surface area contributed by atoms with Crippen molar-refractivity contribution in [1.82, 2.24) is 0 Å². The smallest absolute Gasteiger partial charge is 0.352 e. The van der Waals surface area contributed by atoms with Crippen molar-refractivity contribution in [3.8, 4) is 5.75 Å². The second kappa shape index (κ2) is 9.74. The lowest BCUT2D eigenvalue weighted by Gasteiger charge is -2.20. The lowest BCUT2D eigenvalue weighted by molar-refractivity contribution is -0.151. The van der Waals surface area contributed by atoms with Crippen LogP contribution in [-0.4, -0.2) is 12.6 Å². The van der Waals surface area contributed by atoms with Crippen LogP contribution in [0.25, 0.3) is 11.0 Å². The minimum Gasteiger partial charge on any atom is -0.473 e. The number of hydrogen-bond acceptors (Lipinski definition) is 5. The molecule has 0 spiro atoms. The molecule has 0 radical (unpaired) electrons. The maximum absolute atomic E-state index is 12.8. The van der Waals surface area contributed by atoms with Crippen LogP contribution in [0.3, 0.4) is 0 Å². The van der Waals surface area contributed by atoms with Crippen molar-refractivity contribution in [1.29, 1.82) is 0 Å². The van der Waals surface area contributed by atoms with E-state index in [0.29, 0.717) is 34.3 Å². The van der Waals surface area contributed by atoms with E-state index in [4.69, 9.17) is 13.9 Å². The van der Waals surface area contributed by atoms with Crippen LogP contribution < -0.4 is 10.4 Å². The van der Waals surface area contributed by atoms with E-state index in [9.17, 15) is 9.59 Å². The molecule has 4 aromatic rings. The van der Waals surface area contributed by atoms with Crippen molar-refractivity contribution in [3.63, 3.8) is 0 Å². The number of hydrogen-bond donors (Lipinski definition) is 0. The van der Waals surface area contributed by atoms with Gasteiger partial charge < -0.3 is 13.9 Å². The number of ether oxygens (including phenoxy) is 2. The van der Waals surface area contributed by atoms with Gasteiger partial charge in [-0.05, 0) is 49.6 Å². The van der Waals surface area contributed by atoms with Crippen LogP contribution in [0, 0.1) is 13.8 Å². The standard InChI is InChI=1S/C28H26O5/c1-4-31-28(30)26(21-13-9-6-10-14-21)32-23-15-18(2)16-24-25(23)19(3)22(27(29)33-24)17-20-11-7-5-8-12-20/h5-16,26H,4,17H2,1-3H3/t26-/m0/s1. The SMILES string of the molecule is CCOC(=O)[C@@H](Oc1cc(C)cc2oc(=O)c(Cc3ccccc3)c(C)c12)c1ccccc1. The van der Waals surface area contributed by atoms with Crippen molar-refractivity contribution in [2.24, 2.45) is 0 Å². The molecule has 5 nitrogen and oxygen atoms in total. The number of esters is 1. The van der Waals surface area contributed by atoms with Gasteiger partial charge in [-0.25, -0.2) is 9.59 Å². The van der Waals surface area contributed by atoms with Gasteiger partial charge in [-0.3, -0.25) is 0 Å². The molecule has 3 aromatic carbocycles. The summed E-state index contributed by atoms with van der Waals surface area (Å²) >= 11 is 0. The molecule has 0 aliphatic carbocycles. The zero-order valence-corrected chi connectivity index (χ0v) is 19.0. The number of carbonyl (C=O) groups excluding carboxylic acids is 1. The van der Waals surface area contributed by atoms with E-state index in [2.05, 4.69) is 0 Å². The third-order valence-electron chi connectivity index (χ3n) is 5.56. The molecular formula is C28H26O5. The first-order valence-electron chi connectivity index (χ1n) is 11.0. The summed E-state index contributed by atoms with van der Waals surface area (Å²) in [6, 6.07) is 22.7. The molecule has 0 amide bonds. The van der Waals surface area contributed by atoms with Gasteiger partial charge in [0.2, 0.25) is 6.10 Å². The van der Waals surface area contributed by atoms with Crippen molar-refractivity contribution >= 4 is 16.9 Å². The molecule has 0 saturated heterocycles. The Labute approximate surface area is 192 Å². The fourth-order valence-corrected chi connectivity index (χ4v) is 3.96. The van der Waals surface area contributed by atoms with Crippen LogP contribution in [0.4, 0.5) is 0 Å². The van der Waals surface area contributed by atoms with Gasteiger partial charge in [0.1, 0.15) is 11.3 Å². The first-order chi connectivity index (χ1) is 16.0.